The minimum atomic E-state index is 0.869. The normalized spacial score (nSPS) is 12.2. The van der Waals surface area contributed by atoms with Gasteiger partial charge in [0.05, 0.1) is 0 Å². The van der Waals surface area contributed by atoms with Crippen LogP contribution in [0.5, 0.6) is 0 Å². The lowest BCUT2D eigenvalue weighted by Gasteiger charge is -2.07. The Hall–Kier alpha value is -0.160. The number of hydrogen-bond acceptors (Lipinski definition) is 2. The molecular weight excluding hydrogens is 392 g/mol. The van der Waals surface area contributed by atoms with Crippen molar-refractivity contribution in [1.29, 1.82) is 0 Å². The van der Waals surface area contributed by atoms with Crippen LogP contribution >= 0.6 is 57.1 Å². The number of halogens is 2. The van der Waals surface area contributed by atoms with Crippen LogP contribution in [0.2, 0.25) is 0 Å². The Bertz CT molecular complexity index is 518. The molecular formula is C14H10Br2S2. The summed E-state index contributed by atoms with van der Waals surface area (Å²) in [5, 5.41) is 0. The van der Waals surface area contributed by atoms with Gasteiger partial charge in [0.15, 0.2) is 0 Å². The molecule has 0 atom stereocenters. The number of rotatable bonds is 2. The second kappa shape index (κ2) is 6.33. The third kappa shape index (κ3) is 3.44. The lowest BCUT2D eigenvalue weighted by atomic mass is 10.1. The van der Waals surface area contributed by atoms with Crippen LogP contribution in [0.1, 0.15) is 11.1 Å². The Labute approximate surface area is 135 Å². The monoisotopic (exact) mass is 400 g/mol. The molecule has 0 heterocycles. The van der Waals surface area contributed by atoms with Gasteiger partial charge in [0, 0.05) is 18.8 Å². The van der Waals surface area contributed by atoms with E-state index in [4.69, 9.17) is 0 Å². The van der Waals surface area contributed by atoms with E-state index in [9.17, 15) is 0 Å². The maximum atomic E-state index is 4.56. The molecule has 18 heavy (non-hydrogen) atoms. The molecule has 0 spiro atoms. The molecule has 0 radical (unpaired) electrons. The number of benzene rings is 2. The summed E-state index contributed by atoms with van der Waals surface area (Å²) in [5.74, 6) is 0. The highest BCUT2D eigenvalue weighted by molar-refractivity contribution is 9.10. The van der Waals surface area contributed by atoms with Crippen LogP contribution in [0.4, 0.5) is 0 Å². The average Bonchev–Trinajstić information content (AvgIpc) is 2.39. The van der Waals surface area contributed by atoms with Crippen molar-refractivity contribution in [3.63, 3.8) is 0 Å². The van der Waals surface area contributed by atoms with Crippen LogP contribution in [0.25, 0.3) is 9.81 Å². The van der Waals surface area contributed by atoms with Gasteiger partial charge in [0.2, 0.25) is 0 Å². The van der Waals surface area contributed by atoms with Crippen LogP contribution < -0.4 is 0 Å². The van der Waals surface area contributed by atoms with Crippen molar-refractivity contribution in [1.82, 2.24) is 0 Å². The summed E-state index contributed by atoms with van der Waals surface area (Å²) in [5.41, 5.74) is 2.10. The predicted molar refractivity (Wildman–Crippen MR) is 93.1 cm³/mol. The molecule has 0 saturated heterocycles. The molecule has 2 aromatic rings. The molecule has 0 fully saturated rings. The zero-order valence-corrected chi connectivity index (χ0v) is 14.2. The molecule has 0 aliphatic heterocycles. The first-order valence-electron chi connectivity index (χ1n) is 5.22. The van der Waals surface area contributed by atoms with E-state index in [2.05, 4.69) is 57.1 Å². The van der Waals surface area contributed by atoms with Crippen LogP contribution in [0.3, 0.4) is 0 Å². The van der Waals surface area contributed by atoms with Gasteiger partial charge >= 0.3 is 0 Å². The molecule has 2 aromatic carbocycles. The zero-order chi connectivity index (χ0) is 13.1. The van der Waals surface area contributed by atoms with Crippen LogP contribution in [-0.4, -0.2) is 0 Å². The Kier molecular flexibility index (Phi) is 5.01. The molecule has 0 saturated carbocycles. The molecule has 4 heteroatoms. The summed E-state index contributed by atoms with van der Waals surface area (Å²) in [7, 11) is 0. The third-order valence-corrected chi connectivity index (χ3v) is 4.66. The van der Waals surface area contributed by atoms with Crippen LogP contribution in [-0.2, 0) is 0 Å². The Balaban J connectivity index is 2.40. The molecule has 0 unspecified atom stereocenters. The van der Waals surface area contributed by atoms with E-state index in [1.165, 1.54) is 0 Å². The molecule has 92 valence electrons. The average molecular weight is 402 g/mol. The van der Waals surface area contributed by atoms with E-state index in [1.807, 2.05) is 48.5 Å². The van der Waals surface area contributed by atoms with E-state index in [0.29, 0.717) is 0 Å². The minimum absolute atomic E-state index is 0.869. The smallest absolute Gasteiger partial charge is 0.0253 e. The fraction of sp³-hybridized carbons (Fsp3) is 0. The first-order valence-corrected chi connectivity index (χ1v) is 7.70. The molecule has 0 nitrogen and oxygen atoms in total. The fourth-order valence-corrected chi connectivity index (χ4v) is 2.57. The Morgan fingerprint density at radius 1 is 0.611 bits per heavy atom. The lowest BCUT2D eigenvalue weighted by molar-refractivity contribution is 1.59. The van der Waals surface area contributed by atoms with Crippen molar-refractivity contribution in [2.45, 2.75) is 0 Å². The summed E-state index contributed by atoms with van der Waals surface area (Å²) in [6.45, 7) is 0. The van der Waals surface area contributed by atoms with E-state index in [-0.39, 0.29) is 0 Å². The fourth-order valence-electron chi connectivity index (χ4n) is 1.49. The third-order valence-electron chi connectivity index (χ3n) is 2.46. The van der Waals surface area contributed by atoms with E-state index in [1.54, 1.807) is 0 Å². The number of thiol groups is 2. The van der Waals surface area contributed by atoms with Gasteiger partial charge in [0.25, 0.3) is 0 Å². The van der Waals surface area contributed by atoms with Gasteiger partial charge in [-0.05, 0) is 35.4 Å². The van der Waals surface area contributed by atoms with Crippen molar-refractivity contribution in [2.24, 2.45) is 0 Å². The Morgan fingerprint density at radius 3 is 1.17 bits per heavy atom. The predicted octanol–water partition coefficient (Wildman–Crippen LogP) is 5.90. The van der Waals surface area contributed by atoms with Gasteiger partial charge < -0.3 is 0 Å². The van der Waals surface area contributed by atoms with Crippen molar-refractivity contribution in [3.05, 3.63) is 68.6 Å². The summed E-state index contributed by atoms with van der Waals surface area (Å²) >= 11 is 16.0. The molecule has 0 bridgehead atoms. The van der Waals surface area contributed by atoms with E-state index >= 15 is 0 Å². The van der Waals surface area contributed by atoms with Crippen molar-refractivity contribution < 1.29 is 0 Å². The van der Waals surface area contributed by atoms with Crippen molar-refractivity contribution >= 4 is 66.9 Å². The Morgan fingerprint density at radius 2 is 0.889 bits per heavy atom. The SMILES string of the molecule is S/C(=C(/S)c1ccc(Br)cc1)c1ccc(Br)cc1. The second-order valence-electron chi connectivity index (χ2n) is 3.71. The van der Waals surface area contributed by atoms with Gasteiger partial charge in [-0.15, -0.1) is 25.3 Å². The van der Waals surface area contributed by atoms with Gasteiger partial charge in [-0.1, -0.05) is 56.1 Å². The molecule has 0 aliphatic rings. The standard InChI is InChI=1S/C14H10Br2S2/c15-11-5-1-9(2-6-11)13(17)14(18)10-3-7-12(16)8-4-10/h1-8,17-18H/b14-13+. The highest BCUT2D eigenvalue weighted by atomic mass is 79.9. The van der Waals surface area contributed by atoms with E-state index in [0.717, 1.165) is 29.9 Å². The first-order chi connectivity index (χ1) is 8.58. The zero-order valence-electron chi connectivity index (χ0n) is 9.27. The van der Waals surface area contributed by atoms with Crippen molar-refractivity contribution in [2.75, 3.05) is 0 Å². The van der Waals surface area contributed by atoms with Gasteiger partial charge in [-0.3, -0.25) is 0 Å². The molecule has 0 amide bonds. The van der Waals surface area contributed by atoms with Crippen LogP contribution in [0.15, 0.2) is 57.5 Å². The lowest BCUT2D eigenvalue weighted by Crippen LogP contribution is -1.82. The summed E-state index contributed by atoms with van der Waals surface area (Å²) < 4.78 is 2.11. The highest BCUT2D eigenvalue weighted by Gasteiger charge is 2.05. The summed E-state index contributed by atoms with van der Waals surface area (Å²) in [6, 6.07) is 16.0. The number of hydrogen-bond donors (Lipinski definition) is 2. The maximum Gasteiger partial charge on any atom is 0.0253 e. The first kappa shape index (κ1) is 14.3. The molecule has 2 rings (SSSR count). The molecule has 0 N–H and O–H groups in total. The quantitative estimate of drug-likeness (QED) is 0.454. The van der Waals surface area contributed by atoms with Gasteiger partial charge in [0.1, 0.15) is 0 Å². The maximum absolute atomic E-state index is 4.56. The molecule has 0 aromatic heterocycles. The summed E-state index contributed by atoms with van der Waals surface area (Å²) in [6.07, 6.45) is 0. The minimum Gasteiger partial charge on any atom is -0.142 e. The highest BCUT2D eigenvalue weighted by Crippen LogP contribution is 2.32. The van der Waals surface area contributed by atoms with Gasteiger partial charge in [-0.25, -0.2) is 0 Å². The second-order valence-corrected chi connectivity index (χ2v) is 6.44. The van der Waals surface area contributed by atoms with Crippen LogP contribution in [0, 0.1) is 0 Å². The van der Waals surface area contributed by atoms with Gasteiger partial charge in [-0.2, -0.15) is 0 Å². The van der Waals surface area contributed by atoms with E-state index < -0.39 is 0 Å². The topological polar surface area (TPSA) is 0 Å². The van der Waals surface area contributed by atoms with Crippen molar-refractivity contribution in [3.8, 4) is 0 Å². The summed E-state index contributed by atoms with van der Waals surface area (Å²) in [4.78, 5) is 1.74. The largest absolute Gasteiger partial charge is 0.142 e. The molecule has 0 aliphatic carbocycles.